The van der Waals surface area contributed by atoms with Crippen LogP contribution in [0.5, 0.6) is 0 Å². The van der Waals surface area contributed by atoms with Crippen LogP contribution in [0, 0.1) is 0 Å². The molecule has 34 heavy (non-hydrogen) atoms. The highest BCUT2D eigenvalue weighted by molar-refractivity contribution is 6.08. The van der Waals surface area contributed by atoms with E-state index in [2.05, 4.69) is 41.4 Å². The predicted octanol–water partition coefficient (Wildman–Crippen LogP) is 3.87. The highest BCUT2D eigenvalue weighted by Crippen LogP contribution is 2.30. The number of fused-ring (bicyclic) bond motifs is 3. The second-order valence-electron chi connectivity index (χ2n) is 8.94. The average Bonchev–Trinajstić information content (AvgIpc) is 3.17. The second-order valence-corrected chi connectivity index (χ2v) is 8.94. The first-order valence-corrected chi connectivity index (χ1v) is 11.9. The maximum atomic E-state index is 13.6. The Morgan fingerprint density at radius 1 is 1.03 bits per heavy atom. The van der Waals surface area contributed by atoms with Crippen molar-refractivity contribution in [2.45, 2.75) is 45.3 Å². The molecule has 2 aromatic carbocycles. The van der Waals surface area contributed by atoms with Crippen molar-refractivity contribution in [1.82, 2.24) is 24.6 Å². The summed E-state index contributed by atoms with van der Waals surface area (Å²) in [7, 11) is 3.71. The average molecular weight is 460 g/mol. The molecule has 2 heterocycles. The SMILES string of the molecule is CCC(CN(C)Cc1ccccc1)NC(=O)C(CC)n1c2ccccc2c2cnn(C)c(=O)c21. The number of aryl methyl sites for hydroxylation is 1. The minimum absolute atomic E-state index is 0.00727. The summed E-state index contributed by atoms with van der Waals surface area (Å²) in [5.74, 6) is -0.0658. The normalized spacial score (nSPS) is 13.4. The Morgan fingerprint density at radius 3 is 2.44 bits per heavy atom. The molecular weight excluding hydrogens is 426 g/mol. The van der Waals surface area contributed by atoms with Gasteiger partial charge in [0.1, 0.15) is 11.6 Å². The van der Waals surface area contributed by atoms with Crippen molar-refractivity contribution in [3.63, 3.8) is 0 Å². The molecule has 7 heteroatoms. The number of hydrogen-bond donors (Lipinski definition) is 1. The van der Waals surface area contributed by atoms with E-state index in [0.29, 0.717) is 11.9 Å². The van der Waals surface area contributed by atoms with Gasteiger partial charge in [0, 0.05) is 37.0 Å². The number of nitrogens with one attached hydrogen (secondary N) is 1. The van der Waals surface area contributed by atoms with Gasteiger partial charge in [0.25, 0.3) is 5.56 Å². The number of nitrogens with zero attached hydrogens (tertiary/aromatic N) is 4. The fourth-order valence-corrected chi connectivity index (χ4v) is 4.71. The standard InChI is InChI=1S/C27H33N5O2/c1-5-20(18-30(3)17-19-12-8-7-9-13-19)29-26(33)23(6-2)32-24-15-11-10-14-21(24)22-16-28-31(4)27(34)25(22)32/h7-16,20,23H,5-6,17-18H2,1-4H3,(H,29,33). The smallest absolute Gasteiger partial charge is 0.291 e. The van der Waals surface area contributed by atoms with Crippen molar-refractivity contribution in [2.24, 2.45) is 7.05 Å². The molecule has 7 nitrogen and oxygen atoms in total. The van der Waals surface area contributed by atoms with Gasteiger partial charge in [-0.25, -0.2) is 4.68 Å². The van der Waals surface area contributed by atoms with E-state index in [1.54, 1.807) is 13.2 Å². The van der Waals surface area contributed by atoms with Gasteiger partial charge in [0.15, 0.2) is 0 Å². The molecule has 4 rings (SSSR count). The minimum Gasteiger partial charge on any atom is -0.350 e. The van der Waals surface area contributed by atoms with Crippen molar-refractivity contribution in [2.75, 3.05) is 13.6 Å². The summed E-state index contributed by atoms with van der Waals surface area (Å²) in [5.41, 5.74) is 2.44. The third kappa shape index (κ3) is 4.61. The summed E-state index contributed by atoms with van der Waals surface area (Å²) in [4.78, 5) is 28.9. The summed E-state index contributed by atoms with van der Waals surface area (Å²) < 4.78 is 3.24. The molecule has 1 amide bonds. The summed E-state index contributed by atoms with van der Waals surface area (Å²) >= 11 is 0. The number of aromatic nitrogens is 3. The van der Waals surface area contributed by atoms with Crippen LogP contribution in [0.4, 0.5) is 0 Å². The Morgan fingerprint density at radius 2 is 1.74 bits per heavy atom. The second kappa shape index (κ2) is 10.2. The maximum absolute atomic E-state index is 13.6. The third-order valence-electron chi connectivity index (χ3n) is 6.47. The number of rotatable bonds is 9. The molecule has 1 N–H and O–H groups in total. The first-order valence-electron chi connectivity index (χ1n) is 11.9. The molecule has 0 bridgehead atoms. The number of benzene rings is 2. The van der Waals surface area contributed by atoms with Crippen LogP contribution in [0.15, 0.2) is 65.6 Å². The number of likely N-dealkylation sites (N-methyl/N-ethyl adjacent to an activating group) is 1. The monoisotopic (exact) mass is 459 g/mol. The highest BCUT2D eigenvalue weighted by Gasteiger charge is 2.27. The molecule has 178 valence electrons. The topological polar surface area (TPSA) is 72.2 Å². The molecule has 0 fully saturated rings. The van der Waals surface area contributed by atoms with Gasteiger partial charge in [0.05, 0.1) is 11.7 Å². The number of amides is 1. The first-order chi connectivity index (χ1) is 16.4. The molecule has 2 atom stereocenters. The zero-order chi connectivity index (χ0) is 24.2. The van der Waals surface area contributed by atoms with Crippen molar-refractivity contribution in [3.05, 3.63) is 76.7 Å². The molecule has 0 saturated carbocycles. The van der Waals surface area contributed by atoms with Gasteiger partial charge in [-0.3, -0.25) is 9.59 Å². The Hall–Kier alpha value is -3.45. The Bertz CT molecular complexity index is 1340. The molecule has 0 aliphatic carbocycles. The minimum atomic E-state index is -0.494. The lowest BCUT2D eigenvalue weighted by Crippen LogP contribution is -2.45. The number of carbonyl (C=O) groups is 1. The van der Waals surface area contributed by atoms with Crippen LogP contribution in [0.25, 0.3) is 21.8 Å². The lowest BCUT2D eigenvalue weighted by molar-refractivity contribution is -0.125. The van der Waals surface area contributed by atoms with Gasteiger partial charge in [-0.1, -0.05) is 62.4 Å². The third-order valence-corrected chi connectivity index (χ3v) is 6.47. The van der Waals surface area contributed by atoms with Crippen LogP contribution in [-0.2, 0) is 18.4 Å². The Labute approximate surface area is 200 Å². The van der Waals surface area contributed by atoms with E-state index in [4.69, 9.17) is 0 Å². The molecule has 2 unspecified atom stereocenters. The van der Waals surface area contributed by atoms with E-state index in [1.807, 2.05) is 54.0 Å². The summed E-state index contributed by atoms with van der Waals surface area (Å²) in [5, 5.41) is 9.19. The van der Waals surface area contributed by atoms with Gasteiger partial charge >= 0.3 is 0 Å². The quantitative estimate of drug-likeness (QED) is 0.413. The van der Waals surface area contributed by atoms with Gasteiger partial charge in [-0.15, -0.1) is 0 Å². The molecular formula is C27H33N5O2. The lowest BCUT2D eigenvalue weighted by Gasteiger charge is -2.27. The van der Waals surface area contributed by atoms with E-state index in [0.717, 1.165) is 35.8 Å². The van der Waals surface area contributed by atoms with E-state index in [1.165, 1.54) is 10.2 Å². The van der Waals surface area contributed by atoms with E-state index < -0.39 is 6.04 Å². The van der Waals surface area contributed by atoms with Crippen LogP contribution in [-0.4, -0.2) is 44.8 Å². The predicted molar refractivity (Wildman–Crippen MR) is 137 cm³/mol. The van der Waals surface area contributed by atoms with Gasteiger partial charge in [-0.2, -0.15) is 5.10 Å². The summed E-state index contributed by atoms with van der Waals surface area (Å²) in [6, 6.07) is 17.7. The van der Waals surface area contributed by atoms with E-state index in [9.17, 15) is 9.59 Å². The van der Waals surface area contributed by atoms with Crippen LogP contribution in [0.2, 0.25) is 0 Å². The molecule has 0 saturated heterocycles. The summed E-state index contributed by atoms with van der Waals surface area (Å²) in [6.07, 6.45) is 3.11. The molecule has 2 aromatic heterocycles. The Kier molecular flexibility index (Phi) is 7.12. The fraction of sp³-hybridized carbons (Fsp3) is 0.370. The van der Waals surface area contributed by atoms with Crippen molar-refractivity contribution in [3.8, 4) is 0 Å². The zero-order valence-corrected chi connectivity index (χ0v) is 20.4. The molecule has 0 aliphatic heterocycles. The van der Waals surface area contributed by atoms with Crippen molar-refractivity contribution >= 4 is 27.7 Å². The zero-order valence-electron chi connectivity index (χ0n) is 20.4. The molecule has 0 spiro atoms. The van der Waals surface area contributed by atoms with Gasteiger partial charge in [0.2, 0.25) is 5.91 Å². The molecule has 4 aromatic rings. The number of para-hydroxylation sites is 1. The molecule has 0 aliphatic rings. The lowest BCUT2D eigenvalue weighted by atomic mass is 10.1. The van der Waals surface area contributed by atoms with Crippen LogP contribution in [0.1, 0.15) is 38.3 Å². The largest absolute Gasteiger partial charge is 0.350 e. The summed E-state index contributed by atoms with van der Waals surface area (Å²) in [6.45, 7) is 5.63. The number of carbonyl (C=O) groups excluding carboxylic acids is 1. The molecule has 0 radical (unpaired) electrons. The highest BCUT2D eigenvalue weighted by atomic mass is 16.2. The Balaban J connectivity index is 1.62. The first kappa shape index (κ1) is 23.7. The van der Waals surface area contributed by atoms with Crippen LogP contribution < -0.4 is 10.9 Å². The number of hydrogen-bond acceptors (Lipinski definition) is 4. The fourth-order valence-electron chi connectivity index (χ4n) is 4.71. The van der Waals surface area contributed by atoms with Crippen molar-refractivity contribution < 1.29 is 4.79 Å². The van der Waals surface area contributed by atoms with Crippen molar-refractivity contribution in [1.29, 1.82) is 0 Å². The van der Waals surface area contributed by atoms with Crippen LogP contribution in [0.3, 0.4) is 0 Å². The van der Waals surface area contributed by atoms with E-state index in [-0.39, 0.29) is 17.5 Å². The van der Waals surface area contributed by atoms with Gasteiger partial charge in [-0.05, 0) is 31.5 Å². The maximum Gasteiger partial charge on any atom is 0.291 e. The van der Waals surface area contributed by atoms with E-state index >= 15 is 0 Å². The van der Waals surface area contributed by atoms with Gasteiger partial charge < -0.3 is 14.8 Å². The van der Waals surface area contributed by atoms with Crippen LogP contribution >= 0.6 is 0 Å².